The molecule has 1 N–H and O–H groups in total. The molecule has 1 atom stereocenters. The Hall–Kier alpha value is -1.26. The van der Waals surface area contributed by atoms with Crippen molar-refractivity contribution >= 4 is 6.29 Å². The second-order valence-electron chi connectivity index (χ2n) is 3.16. The fraction of sp³-hybridized carbons (Fsp3) is 0.455. The van der Waals surface area contributed by atoms with Gasteiger partial charge in [-0.1, -0.05) is 6.07 Å². The van der Waals surface area contributed by atoms with Crippen molar-refractivity contribution in [3.8, 4) is 0 Å². The number of aldehydes is 1. The van der Waals surface area contributed by atoms with E-state index in [1.165, 1.54) is 0 Å². The van der Waals surface area contributed by atoms with Gasteiger partial charge in [0.2, 0.25) is 0 Å². The molecule has 1 aromatic rings. The van der Waals surface area contributed by atoms with E-state index in [9.17, 15) is 4.79 Å². The van der Waals surface area contributed by atoms with E-state index < -0.39 is 0 Å². The maximum atomic E-state index is 10.1. The normalized spacial score (nSPS) is 12.3. The van der Waals surface area contributed by atoms with Crippen molar-refractivity contribution in [2.75, 3.05) is 13.2 Å². The molecule has 0 saturated heterocycles. The highest BCUT2D eigenvalue weighted by Crippen LogP contribution is 2.04. The lowest BCUT2D eigenvalue weighted by molar-refractivity contribution is -0.114. The van der Waals surface area contributed by atoms with Gasteiger partial charge in [-0.05, 0) is 25.0 Å². The number of carbonyl (C=O) groups excluding carboxylic acids is 1. The molecule has 0 bridgehead atoms. The summed E-state index contributed by atoms with van der Waals surface area (Å²) >= 11 is 0. The van der Waals surface area contributed by atoms with Crippen LogP contribution in [-0.4, -0.2) is 35.7 Å². The highest BCUT2D eigenvalue weighted by Gasteiger charge is 2.07. The van der Waals surface area contributed by atoms with Crippen LogP contribution in [0.2, 0.25) is 0 Å². The van der Waals surface area contributed by atoms with Crippen molar-refractivity contribution in [3.05, 3.63) is 30.1 Å². The number of hydrogen-bond acceptors (Lipinski definition) is 4. The monoisotopic (exact) mass is 209 g/mol. The molecule has 1 unspecified atom stereocenters. The molecule has 0 spiro atoms. The molecule has 15 heavy (non-hydrogen) atoms. The van der Waals surface area contributed by atoms with Crippen molar-refractivity contribution in [3.63, 3.8) is 0 Å². The SMILES string of the molecule is O=CCOC(CO)CCc1ccccn1. The standard InChI is InChI=1S/C11H15NO3/c13-7-8-15-11(9-14)5-4-10-3-1-2-6-12-10/h1-3,6-7,11,14H,4-5,8-9H2. The molecule has 4 heteroatoms. The molecule has 0 aliphatic carbocycles. The maximum absolute atomic E-state index is 10.1. The predicted octanol–water partition coefficient (Wildman–Crippen LogP) is 0.591. The highest BCUT2D eigenvalue weighted by molar-refractivity contribution is 5.50. The number of carbonyl (C=O) groups is 1. The minimum Gasteiger partial charge on any atom is -0.394 e. The molecule has 1 rings (SSSR count). The number of aromatic nitrogens is 1. The van der Waals surface area contributed by atoms with E-state index in [0.717, 1.165) is 12.1 Å². The molecule has 82 valence electrons. The summed E-state index contributed by atoms with van der Waals surface area (Å²) in [5.74, 6) is 0. The van der Waals surface area contributed by atoms with Crippen LogP contribution in [-0.2, 0) is 16.0 Å². The quantitative estimate of drug-likeness (QED) is 0.668. The van der Waals surface area contributed by atoms with Crippen LogP contribution < -0.4 is 0 Å². The summed E-state index contributed by atoms with van der Waals surface area (Å²) in [5, 5.41) is 8.97. The van der Waals surface area contributed by atoms with Gasteiger partial charge in [-0.3, -0.25) is 4.98 Å². The van der Waals surface area contributed by atoms with Gasteiger partial charge in [-0.2, -0.15) is 0 Å². The first kappa shape index (κ1) is 11.8. The summed E-state index contributed by atoms with van der Waals surface area (Å²) in [4.78, 5) is 14.2. The molecular formula is C11H15NO3. The summed E-state index contributed by atoms with van der Waals surface area (Å²) in [6.45, 7) is -0.0336. The lowest BCUT2D eigenvalue weighted by Gasteiger charge is -2.12. The second kappa shape index (κ2) is 7.09. The van der Waals surface area contributed by atoms with Gasteiger partial charge in [0.25, 0.3) is 0 Å². The number of aliphatic hydroxyl groups excluding tert-OH is 1. The molecule has 1 heterocycles. The number of rotatable bonds is 7. The third kappa shape index (κ3) is 4.67. The molecule has 4 nitrogen and oxygen atoms in total. The minimum atomic E-state index is -0.280. The van der Waals surface area contributed by atoms with Gasteiger partial charge >= 0.3 is 0 Å². The number of hydrogen-bond donors (Lipinski definition) is 1. The minimum absolute atomic E-state index is 0.0352. The molecule has 1 aromatic heterocycles. The van der Waals surface area contributed by atoms with Crippen molar-refractivity contribution in [1.82, 2.24) is 4.98 Å². The summed E-state index contributed by atoms with van der Waals surface area (Å²) in [5.41, 5.74) is 0.964. The topological polar surface area (TPSA) is 59.4 Å². The number of aliphatic hydroxyl groups is 1. The molecule has 0 aliphatic rings. The smallest absolute Gasteiger partial charge is 0.145 e. The van der Waals surface area contributed by atoms with Crippen LogP contribution in [0.4, 0.5) is 0 Å². The summed E-state index contributed by atoms with van der Waals surface area (Å²) in [6, 6.07) is 5.70. The fourth-order valence-corrected chi connectivity index (χ4v) is 1.26. The summed E-state index contributed by atoms with van der Waals surface area (Å²) in [6.07, 6.45) is 3.54. The van der Waals surface area contributed by atoms with Gasteiger partial charge in [-0.25, -0.2) is 0 Å². The molecule has 0 aliphatic heterocycles. The highest BCUT2D eigenvalue weighted by atomic mass is 16.5. The molecule has 0 fully saturated rings. The van der Waals surface area contributed by atoms with E-state index >= 15 is 0 Å². The Kier molecular flexibility index (Phi) is 5.58. The summed E-state index contributed by atoms with van der Waals surface area (Å²) < 4.78 is 5.12. The predicted molar refractivity (Wildman–Crippen MR) is 55.4 cm³/mol. The first-order valence-electron chi connectivity index (χ1n) is 4.93. The van der Waals surface area contributed by atoms with Gasteiger partial charge in [0.15, 0.2) is 0 Å². The lowest BCUT2D eigenvalue weighted by Crippen LogP contribution is -2.19. The van der Waals surface area contributed by atoms with Crippen LogP contribution in [0.15, 0.2) is 24.4 Å². The zero-order chi connectivity index (χ0) is 10.9. The Labute approximate surface area is 88.9 Å². The van der Waals surface area contributed by atoms with Gasteiger partial charge in [-0.15, -0.1) is 0 Å². The van der Waals surface area contributed by atoms with Crippen molar-refractivity contribution < 1.29 is 14.6 Å². The Morgan fingerprint density at radius 1 is 1.53 bits per heavy atom. The Morgan fingerprint density at radius 3 is 3.00 bits per heavy atom. The third-order valence-electron chi connectivity index (χ3n) is 2.05. The number of aryl methyl sites for hydroxylation is 1. The molecule has 0 radical (unpaired) electrons. The Morgan fingerprint density at radius 2 is 2.40 bits per heavy atom. The van der Waals surface area contributed by atoms with Crippen LogP contribution in [0.3, 0.4) is 0 Å². The van der Waals surface area contributed by atoms with Gasteiger partial charge in [0.1, 0.15) is 12.9 Å². The fourth-order valence-electron chi connectivity index (χ4n) is 1.26. The average Bonchev–Trinajstić information content (AvgIpc) is 2.31. The van der Waals surface area contributed by atoms with E-state index in [0.29, 0.717) is 12.7 Å². The van der Waals surface area contributed by atoms with Crippen molar-refractivity contribution in [2.45, 2.75) is 18.9 Å². The van der Waals surface area contributed by atoms with E-state index in [4.69, 9.17) is 9.84 Å². The zero-order valence-corrected chi connectivity index (χ0v) is 8.50. The van der Waals surface area contributed by atoms with Crippen molar-refractivity contribution in [1.29, 1.82) is 0 Å². The number of pyridine rings is 1. The second-order valence-corrected chi connectivity index (χ2v) is 3.16. The summed E-state index contributed by atoms with van der Waals surface area (Å²) in [7, 11) is 0. The Balaban J connectivity index is 2.31. The van der Waals surface area contributed by atoms with Crippen LogP contribution >= 0.6 is 0 Å². The third-order valence-corrected chi connectivity index (χ3v) is 2.05. The first-order chi connectivity index (χ1) is 7.36. The average molecular weight is 209 g/mol. The number of ether oxygens (including phenoxy) is 1. The van der Waals surface area contributed by atoms with E-state index in [1.807, 2.05) is 18.2 Å². The van der Waals surface area contributed by atoms with Crippen LogP contribution in [0.1, 0.15) is 12.1 Å². The van der Waals surface area contributed by atoms with Crippen LogP contribution in [0, 0.1) is 0 Å². The number of nitrogens with zero attached hydrogens (tertiary/aromatic N) is 1. The molecule has 0 amide bonds. The largest absolute Gasteiger partial charge is 0.394 e. The van der Waals surface area contributed by atoms with Crippen LogP contribution in [0.5, 0.6) is 0 Å². The Bertz CT molecular complexity index is 276. The lowest BCUT2D eigenvalue weighted by atomic mass is 10.1. The molecular weight excluding hydrogens is 194 g/mol. The first-order valence-corrected chi connectivity index (χ1v) is 4.93. The zero-order valence-electron chi connectivity index (χ0n) is 8.50. The van der Waals surface area contributed by atoms with Gasteiger partial charge in [0.05, 0.1) is 12.7 Å². The maximum Gasteiger partial charge on any atom is 0.145 e. The van der Waals surface area contributed by atoms with Crippen molar-refractivity contribution in [2.24, 2.45) is 0 Å². The van der Waals surface area contributed by atoms with E-state index in [1.54, 1.807) is 6.20 Å². The molecule has 0 saturated carbocycles. The van der Waals surface area contributed by atoms with Crippen LogP contribution in [0.25, 0.3) is 0 Å². The van der Waals surface area contributed by atoms with E-state index in [-0.39, 0.29) is 19.3 Å². The van der Waals surface area contributed by atoms with Gasteiger partial charge in [0, 0.05) is 11.9 Å². The van der Waals surface area contributed by atoms with E-state index in [2.05, 4.69) is 4.98 Å². The van der Waals surface area contributed by atoms with Gasteiger partial charge < -0.3 is 14.6 Å². The molecule has 0 aromatic carbocycles.